The molecule has 23 heavy (non-hydrogen) atoms. The molecule has 0 aliphatic rings. The van der Waals surface area contributed by atoms with Crippen LogP contribution in [0, 0.1) is 6.92 Å². The number of esters is 1. The molecule has 0 radical (unpaired) electrons. The van der Waals surface area contributed by atoms with Crippen molar-refractivity contribution in [2.75, 3.05) is 12.9 Å². The Morgan fingerprint density at radius 2 is 2.00 bits per heavy atom. The summed E-state index contributed by atoms with van der Waals surface area (Å²) in [5.41, 5.74) is 2.15. The smallest absolute Gasteiger partial charge is 0.306 e. The number of hydrogen-bond donors (Lipinski definition) is 1. The first-order valence-corrected chi connectivity index (χ1v) is 8.66. The lowest BCUT2D eigenvalue weighted by atomic mass is 10.1. The number of aryl methyl sites for hydroxylation is 1. The van der Waals surface area contributed by atoms with E-state index in [9.17, 15) is 9.59 Å². The van der Waals surface area contributed by atoms with Gasteiger partial charge in [0.1, 0.15) is 0 Å². The number of nitrogens with zero attached hydrogens (tertiary/aromatic N) is 1. The standard InChI is InChI=1S/C17H20N2O3S/c1-12-14(16(21)19-17(18-12)23-2)8-9-15(20)22-11-10-13-6-4-3-5-7-13/h3-7H,8-11H2,1-2H3,(H,18,19,21). The van der Waals surface area contributed by atoms with Crippen molar-refractivity contribution in [3.8, 4) is 0 Å². The maximum Gasteiger partial charge on any atom is 0.306 e. The molecule has 122 valence electrons. The molecule has 5 nitrogen and oxygen atoms in total. The Kier molecular flexibility index (Phi) is 6.40. The molecule has 1 heterocycles. The van der Waals surface area contributed by atoms with E-state index in [1.807, 2.05) is 36.6 Å². The highest BCUT2D eigenvalue weighted by molar-refractivity contribution is 7.98. The topological polar surface area (TPSA) is 72.0 Å². The molecule has 0 aliphatic carbocycles. The fourth-order valence-electron chi connectivity index (χ4n) is 2.20. The van der Waals surface area contributed by atoms with Crippen molar-refractivity contribution in [2.45, 2.75) is 31.3 Å². The normalized spacial score (nSPS) is 10.5. The number of ether oxygens (including phenoxy) is 1. The Hall–Kier alpha value is -2.08. The summed E-state index contributed by atoms with van der Waals surface area (Å²) in [7, 11) is 0. The van der Waals surface area contributed by atoms with Crippen molar-refractivity contribution < 1.29 is 9.53 Å². The van der Waals surface area contributed by atoms with Crippen LogP contribution in [0.5, 0.6) is 0 Å². The van der Waals surface area contributed by atoms with Gasteiger partial charge in [-0.05, 0) is 25.2 Å². The van der Waals surface area contributed by atoms with Crippen LogP contribution in [-0.4, -0.2) is 28.8 Å². The lowest BCUT2D eigenvalue weighted by Gasteiger charge is -2.07. The maximum absolute atomic E-state index is 12.0. The molecular formula is C17H20N2O3S. The first-order valence-electron chi connectivity index (χ1n) is 7.43. The van der Waals surface area contributed by atoms with Crippen LogP contribution in [0.1, 0.15) is 23.2 Å². The molecule has 0 bridgehead atoms. The summed E-state index contributed by atoms with van der Waals surface area (Å²) in [5, 5.41) is 0.585. The second-order valence-corrected chi connectivity index (χ2v) is 5.89. The second kappa shape index (κ2) is 8.53. The predicted molar refractivity (Wildman–Crippen MR) is 90.8 cm³/mol. The fourth-order valence-corrected chi connectivity index (χ4v) is 2.63. The van der Waals surface area contributed by atoms with Gasteiger partial charge in [0.05, 0.1) is 6.61 Å². The van der Waals surface area contributed by atoms with Gasteiger partial charge >= 0.3 is 5.97 Å². The van der Waals surface area contributed by atoms with Gasteiger partial charge in [0.25, 0.3) is 5.56 Å². The van der Waals surface area contributed by atoms with Crippen LogP contribution in [0.25, 0.3) is 0 Å². The summed E-state index contributed by atoms with van der Waals surface area (Å²) >= 11 is 1.38. The number of benzene rings is 1. The molecule has 0 saturated carbocycles. The van der Waals surface area contributed by atoms with E-state index in [0.29, 0.717) is 35.9 Å². The zero-order valence-electron chi connectivity index (χ0n) is 13.3. The second-order valence-electron chi connectivity index (χ2n) is 5.10. The SMILES string of the molecule is CSc1nc(C)c(CCC(=O)OCCc2ccccc2)c(=O)[nH]1. The fraction of sp³-hybridized carbons (Fsp3) is 0.353. The molecule has 0 spiro atoms. The van der Waals surface area contributed by atoms with E-state index in [4.69, 9.17) is 4.74 Å². The van der Waals surface area contributed by atoms with Crippen LogP contribution in [0.2, 0.25) is 0 Å². The Morgan fingerprint density at radius 1 is 1.26 bits per heavy atom. The van der Waals surface area contributed by atoms with Crippen molar-refractivity contribution in [3.05, 3.63) is 57.5 Å². The third-order valence-corrected chi connectivity index (χ3v) is 4.05. The number of rotatable bonds is 7. The average Bonchev–Trinajstić information content (AvgIpc) is 2.54. The minimum absolute atomic E-state index is 0.180. The van der Waals surface area contributed by atoms with Gasteiger partial charge in [-0.25, -0.2) is 4.98 Å². The van der Waals surface area contributed by atoms with Gasteiger partial charge in [0.15, 0.2) is 5.16 Å². The third kappa shape index (κ3) is 5.25. The lowest BCUT2D eigenvalue weighted by Crippen LogP contribution is -2.19. The zero-order chi connectivity index (χ0) is 16.7. The molecule has 0 atom stereocenters. The molecular weight excluding hydrogens is 312 g/mol. The third-order valence-electron chi connectivity index (χ3n) is 3.47. The molecule has 1 aromatic heterocycles. The van der Waals surface area contributed by atoms with E-state index in [0.717, 1.165) is 5.56 Å². The number of thioether (sulfide) groups is 1. The van der Waals surface area contributed by atoms with Crippen LogP contribution in [0.3, 0.4) is 0 Å². The van der Waals surface area contributed by atoms with Gasteiger partial charge in [0.2, 0.25) is 0 Å². The number of hydrogen-bond acceptors (Lipinski definition) is 5. The molecule has 1 aromatic carbocycles. The maximum atomic E-state index is 12.0. The van der Waals surface area contributed by atoms with Gasteiger partial charge in [-0.3, -0.25) is 9.59 Å². The highest BCUT2D eigenvalue weighted by Gasteiger charge is 2.11. The van der Waals surface area contributed by atoms with E-state index in [1.165, 1.54) is 11.8 Å². The van der Waals surface area contributed by atoms with Crippen molar-refractivity contribution in [3.63, 3.8) is 0 Å². The molecule has 0 amide bonds. The zero-order valence-corrected chi connectivity index (χ0v) is 14.1. The summed E-state index contributed by atoms with van der Waals surface area (Å²) in [4.78, 5) is 30.8. The number of H-pyrrole nitrogens is 1. The number of carbonyl (C=O) groups is 1. The van der Waals surface area contributed by atoms with Crippen molar-refractivity contribution in [2.24, 2.45) is 0 Å². The quantitative estimate of drug-likeness (QED) is 0.479. The van der Waals surface area contributed by atoms with Crippen molar-refractivity contribution in [1.29, 1.82) is 0 Å². The van der Waals surface area contributed by atoms with Gasteiger partial charge in [-0.15, -0.1) is 0 Å². The summed E-state index contributed by atoms with van der Waals surface area (Å²) in [6, 6.07) is 9.85. The predicted octanol–water partition coefficient (Wildman–Crippen LogP) is 2.52. The first-order chi connectivity index (χ1) is 11.1. The van der Waals surface area contributed by atoms with E-state index in [2.05, 4.69) is 9.97 Å². The Balaban J connectivity index is 1.82. The van der Waals surface area contributed by atoms with Crippen molar-refractivity contribution >= 4 is 17.7 Å². The Bertz CT molecular complexity index is 714. The first kappa shape index (κ1) is 17.3. The van der Waals surface area contributed by atoms with Gasteiger partial charge in [0, 0.05) is 24.1 Å². The van der Waals surface area contributed by atoms with Crippen LogP contribution in [0.4, 0.5) is 0 Å². The number of aromatic amines is 1. The van der Waals surface area contributed by atoms with Crippen LogP contribution >= 0.6 is 11.8 Å². The molecule has 6 heteroatoms. The van der Waals surface area contributed by atoms with E-state index in [1.54, 1.807) is 6.92 Å². The number of nitrogens with one attached hydrogen (secondary N) is 1. The van der Waals surface area contributed by atoms with Gasteiger partial charge in [-0.2, -0.15) is 0 Å². The van der Waals surface area contributed by atoms with Crippen LogP contribution < -0.4 is 5.56 Å². The largest absolute Gasteiger partial charge is 0.465 e. The Morgan fingerprint density at radius 3 is 2.65 bits per heavy atom. The molecule has 0 unspecified atom stereocenters. The highest BCUT2D eigenvalue weighted by Crippen LogP contribution is 2.10. The van der Waals surface area contributed by atoms with Gasteiger partial charge < -0.3 is 9.72 Å². The molecule has 0 aliphatic heterocycles. The molecule has 0 fully saturated rings. The molecule has 2 rings (SSSR count). The number of carbonyl (C=O) groups excluding carboxylic acids is 1. The number of aromatic nitrogens is 2. The molecule has 2 aromatic rings. The molecule has 0 saturated heterocycles. The average molecular weight is 332 g/mol. The summed E-state index contributed by atoms with van der Waals surface area (Å²) in [5.74, 6) is -0.298. The highest BCUT2D eigenvalue weighted by atomic mass is 32.2. The minimum Gasteiger partial charge on any atom is -0.465 e. The lowest BCUT2D eigenvalue weighted by molar-refractivity contribution is -0.143. The van der Waals surface area contributed by atoms with E-state index in [-0.39, 0.29) is 17.9 Å². The summed E-state index contributed by atoms with van der Waals surface area (Å²) in [6.07, 6.45) is 3.06. The summed E-state index contributed by atoms with van der Waals surface area (Å²) < 4.78 is 5.22. The Labute approximate surface area is 139 Å². The van der Waals surface area contributed by atoms with Crippen LogP contribution in [0.15, 0.2) is 40.3 Å². The van der Waals surface area contributed by atoms with Crippen LogP contribution in [-0.2, 0) is 22.4 Å². The van der Waals surface area contributed by atoms with E-state index < -0.39 is 0 Å². The van der Waals surface area contributed by atoms with E-state index >= 15 is 0 Å². The van der Waals surface area contributed by atoms with Crippen molar-refractivity contribution in [1.82, 2.24) is 9.97 Å². The minimum atomic E-state index is -0.298. The molecule has 1 N–H and O–H groups in total. The van der Waals surface area contributed by atoms with Gasteiger partial charge in [-0.1, -0.05) is 42.1 Å². The monoisotopic (exact) mass is 332 g/mol. The summed E-state index contributed by atoms with van der Waals surface area (Å²) in [6.45, 7) is 2.13.